The van der Waals surface area contributed by atoms with Gasteiger partial charge in [0.2, 0.25) is 5.91 Å². The van der Waals surface area contributed by atoms with Gasteiger partial charge in [-0.2, -0.15) is 0 Å². The van der Waals surface area contributed by atoms with Crippen LogP contribution >= 0.6 is 0 Å². The Kier molecular flexibility index (Phi) is 4.01. The molecular formula is C13H21N3O2. The normalized spacial score (nSPS) is 24.3. The average Bonchev–Trinajstić information content (AvgIpc) is 2.74. The van der Waals surface area contributed by atoms with Gasteiger partial charge in [-0.3, -0.25) is 4.79 Å². The lowest BCUT2D eigenvalue weighted by molar-refractivity contribution is -0.134. The van der Waals surface area contributed by atoms with Crippen LogP contribution in [0, 0.1) is 12.8 Å². The summed E-state index contributed by atoms with van der Waals surface area (Å²) in [6.45, 7) is 5.38. The largest absolute Gasteiger partial charge is 0.361 e. The maximum Gasteiger partial charge on any atom is 0.229 e. The zero-order valence-corrected chi connectivity index (χ0v) is 11.1. The van der Waals surface area contributed by atoms with Gasteiger partial charge in [0.1, 0.15) is 5.76 Å². The molecule has 1 aliphatic rings. The molecule has 0 radical (unpaired) electrons. The van der Waals surface area contributed by atoms with Gasteiger partial charge in [0.25, 0.3) is 0 Å². The quantitative estimate of drug-likeness (QED) is 0.873. The fourth-order valence-electron chi connectivity index (χ4n) is 2.56. The Bertz CT molecular complexity index is 416. The highest BCUT2D eigenvalue weighted by Gasteiger charge is 2.29. The van der Waals surface area contributed by atoms with Crippen LogP contribution in [-0.2, 0) is 11.2 Å². The van der Waals surface area contributed by atoms with Gasteiger partial charge in [0.15, 0.2) is 0 Å². The van der Waals surface area contributed by atoms with Crippen LogP contribution in [0.15, 0.2) is 10.6 Å². The molecule has 5 nitrogen and oxygen atoms in total. The molecule has 100 valence electrons. The van der Waals surface area contributed by atoms with Gasteiger partial charge in [0.05, 0.1) is 12.1 Å². The van der Waals surface area contributed by atoms with Crippen LogP contribution in [0.4, 0.5) is 0 Å². The second-order valence-corrected chi connectivity index (χ2v) is 5.21. The number of carbonyl (C=O) groups is 1. The topological polar surface area (TPSA) is 72.4 Å². The Morgan fingerprint density at radius 1 is 1.67 bits per heavy atom. The third-order valence-electron chi connectivity index (χ3n) is 3.58. The van der Waals surface area contributed by atoms with E-state index in [-0.39, 0.29) is 11.9 Å². The maximum absolute atomic E-state index is 12.2. The van der Waals surface area contributed by atoms with Gasteiger partial charge in [-0.05, 0) is 25.7 Å². The third-order valence-corrected chi connectivity index (χ3v) is 3.58. The summed E-state index contributed by atoms with van der Waals surface area (Å²) in [4.78, 5) is 14.1. The molecule has 1 fully saturated rings. The summed E-state index contributed by atoms with van der Waals surface area (Å²) in [5.41, 5.74) is 6.46. The van der Waals surface area contributed by atoms with E-state index in [1.54, 1.807) is 0 Å². The van der Waals surface area contributed by atoms with E-state index in [0.29, 0.717) is 24.6 Å². The summed E-state index contributed by atoms with van der Waals surface area (Å²) in [6.07, 6.45) is 2.36. The van der Waals surface area contributed by atoms with Crippen LogP contribution in [0.2, 0.25) is 0 Å². The van der Waals surface area contributed by atoms with Crippen molar-refractivity contribution in [3.05, 3.63) is 17.5 Å². The Morgan fingerprint density at radius 3 is 3.06 bits per heavy atom. The van der Waals surface area contributed by atoms with Gasteiger partial charge < -0.3 is 15.2 Å². The number of likely N-dealkylation sites (tertiary alicyclic amines) is 1. The Balaban J connectivity index is 1.99. The van der Waals surface area contributed by atoms with Crippen molar-refractivity contribution in [3.8, 4) is 0 Å². The fourth-order valence-corrected chi connectivity index (χ4v) is 2.56. The molecule has 0 bridgehead atoms. The molecule has 1 aromatic rings. The maximum atomic E-state index is 12.2. The molecule has 1 aliphatic heterocycles. The van der Waals surface area contributed by atoms with Gasteiger partial charge in [-0.15, -0.1) is 0 Å². The number of aromatic nitrogens is 1. The molecule has 5 heteroatoms. The first-order chi connectivity index (χ1) is 8.60. The van der Waals surface area contributed by atoms with Crippen molar-refractivity contribution in [2.45, 2.75) is 39.2 Å². The molecule has 0 spiro atoms. The monoisotopic (exact) mass is 251 g/mol. The number of nitrogens with zero attached hydrogens (tertiary/aromatic N) is 2. The minimum absolute atomic E-state index is 0.102. The zero-order valence-electron chi connectivity index (χ0n) is 11.1. The number of hydrogen-bond donors (Lipinski definition) is 1. The average molecular weight is 251 g/mol. The van der Waals surface area contributed by atoms with E-state index in [2.05, 4.69) is 12.1 Å². The van der Waals surface area contributed by atoms with E-state index >= 15 is 0 Å². The summed E-state index contributed by atoms with van der Waals surface area (Å²) < 4.78 is 4.98. The molecule has 2 N–H and O–H groups in total. The first-order valence-corrected chi connectivity index (χ1v) is 6.52. The smallest absolute Gasteiger partial charge is 0.229 e. The third kappa shape index (κ3) is 2.90. The number of carbonyl (C=O) groups excluding carboxylic acids is 1. The van der Waals surface area contributed by atoms with E-state index < -0.39 is 0 Å². The van der Waals surface area contributed by atoms with Crippen molar-refractivity contribution in [2.24, 2.45) is 11.7 Å². The number of nitrogens with two attached hydrogens (primary N) is 1. The second-order valence-electron chi connectivity index (χ2n) is 5.21. The SMILES string of the molecule is Cc1cc(CC(=O)N2CCC(C)CC2CN)no1. The molecule has 0 aliphatic carbocycles. The molecule has 18 heavy (non-hydrogen) atoms. The predicted octanol–water partition coefficient (Wildman–Crippen LogP) is 1.11. The minimum atomic E-state index is 0.102. The van der Waals surface area contributed by atoms with Crippen molar-refractivity contribution in [3.63, 3.8) is 0 Å². The number of aryl methyl sites for hydroxylation is 1. The van der Waals surface area contributed by atoms with Crippen LogP contribution in [0.1, 0.15) is 31.2 Å². The molecule has 1 amide bonds. The molecular weight excluding hydrogens is 230 g/mol. The van der Waals surface area contributed by atoms with Crippen LogP contribution in [0.25, 0.3) is 0 Å². The summed E-state index contributed by atoms with van der Waals surface area (Å²) in [5, 5.41) is 3.86. The molecule has 2 rings (SSSR count). The molecule has 0 aromatic carbocycles. The first kappa shape index (κ1) is 13.1. The van der Waals surface area contributed by atoms with E-state index in [1.165, 1.54) is 0 Å². The summed E-state index contributed by atoms with van der Waals surface area (Å²) in [6, 6.07) is 1.98. The van der Waals surface area contributed by atoms with Gasteiger partial charge in [-0.1, -0.05) is 12.1 Å². The Hall–Kier alpha value is -1.36. The minimum Gasteiger partial charge on any atom is -0.361 e. The molecule has 2 unspecified atom stereocenters. The number of rotatable bonds is 3. The lowest BCUT2D eigenvalue weighted by atomic mass is 9.92. The van der Waals surface area contributed by atoms with Crippen LogP contribution in [0.3, 0.4) is 0 Å². The van der Waals surface area contributed by atoms with Gasteiger partial charge in [-0.25, -0.2) is 0 Å². The first-order valence-electron chi connectivity index (χ1n) is 6.52. The lowest BCUT2D eigenvalue weighted by Crippen LogP contribution is -2.49. The molecule has 1 saturated heterocycles. The van der Waals surface area contributed by atoms with Crippen molar-refractivity contribution >= 4 is 5.91 Å². The standard InChI is InChI=1S/C13H21N3O2/c1-9-3-4-16(12(5-9)8-14)13(17)7-11-6-10(2)18-15-11/h6,9,12H,3-5,7-8,14H2,1-2H3. The van der Waals surface area contributed by atoms with E-state index in [9.17, 15) is 4.79 Å². The fraction of sp³-hybridized carbons (Fsp3) is 0.692. The predicted molar refractivity (Wildman–Crippen MR) is 67.9 cm³/mol. The number of amides is 1. The number of piperidine rings is 1. The van der Waals surface area contributed by atoms with Crippen LogP contribution < -0.4 is 5.73 Å². The summed E-state index contributed by atoms with van der Waals surface area (Å²) in [5.74, 6) is 1.49. The van der Waals surface area contributed by atoms with Crippen LogP contribution in [0.5, 0.6) is 0 Å². The van der Waals surface area contributed by atoms with Gasteiger partial charge >= 0.3 is 0 Å². The molecule has 2 heterocycles. The summed E-state index contributed by atoms with van der Waals surface area (Å²) >= 11 is 0. The Labute approximate surface area is 107 Å². The van der Waals surface area contributed by atoms with E-state index in [1.807, 2.05) is 17.9 Å². The van der Waals surface area contributed by atoms with E-state index in [4.69, 9.17) is 10.3 Å². The summed E-state index contributed by atoms with van der Waals surface area (Å²) in [7, 11) is 0. The highest BCUT2D eigenvalue weighted by atomic mass is 16.5. The van der Waals surface area contributed by atoms with Crippen molar-refractivity contribution in [2.75, 3.05) is 13.1 Å². The molecule has 0 saturated carbocycles. The van der Waals surface area contributed by atoms with Crippen molar-refractivity contribution in [1.29, 1.82) is 0 Å². The zero-order chi connectivity index (χ0) is 13.1. The molecule has 1 aromatic heterocycles. The highest BCUT2D eigenvalue weighted by Crippen LogP contribution is 2.22. The molecule has 2 atom stereocenters. The van der Waals surface area contributed by atoms with E-state index in [0.717, 1.165) is 25.1 Å². The second kappa shape index (κ2) is 5.52. The highest BCUT2D eigenvalue weighted by molar-refractivity contribution is 5.78. The number of hydrogen-bond acceptors (Lipinski definition) is 4. The van der Waals surface area contributed by atoms with Crippen molar-refractivity contribution < 1.29 is 9.32 Å². The Morgan fingerprint density at radius 2 is 2.44 bits per heavy atom. The van der Waals surface area contributed by atoms with Gasteiger partial charge in [0, 0.05) is 25.2 Å². The lowest BCUT2D eigenvalue weighted by Gasteiger charge is -2.38. The van der Waals surface area contributed by atoms with Crippen molar-refractivity contribution in [1.82, 2.24) is 10.1 Å². The van der Waals surface area contributed by atoms with Crippen LogP contribution in [-0.4, -0.2) is 35.1 Å².